The highest BCUT2D eigenvalue weighted by Gasteiger charge is 2.32. The summed E-state index contributed by atoms with van der Waals surface area (Å²) >= 11 is 0. The van der Waals surface area contributed by atoms with Gasteiger partial charge in [-0.1, -0.05) is 6.92 Å². The molecule has 0 heterocycles. The Balaban J connectivity index is 3.21. The Labute approximate surface area is 120 Å². The van der Waals surface area contributed by atoms with Gasteiger partial charge >= 0.3 is 12.3 Å². The summed E-state index contributed by atoms with van der Waals surface area (Å²) in [5.74, 6) is -1.04. The van der Waals surface area contributed by atoms with Crippen LogP contribution in [-0.2, 0) is 22.4 Å². The van der Waals surface area contributed by atoms with E-state index in [2.05, 4.69) is 4.74 Å². The number of halogens is 3. The first-order valence-electron chi connectivity index (χ1n) is 6.28. The molecular formula is C14H14F3NO3. The third-order valence-corrected chi connectivity index (χ3v) is 2.62. The first kappa shape index (κ1) is 16.8. The molecular weight excluding hydrogens is 287 g/mol. The van der Waals surface area contributed by atoms with E-state index in [0.717, 1.165) is 6.07 Å². The van der Waals surface area contributed by atoms with Gasteiger partial charge in [-0.25, -0.2) is 0 Å². The van der Waals surface area contributed by atoms with Crippen molar-refractivity contribution in [3.8, 4) is 11.8 Å². The summed E-state index contributed by atoms with van der Waals surface area (Å²) in [6.45, 7) is 3.41. The van der Waals surface area contributed by atoms with Crippen molar-refractivity contribution in [1.29, 1.82) is 5.26 Å². The fourth-order valence-corrected chi connectivity index (χ4v) is 1.86. The minimum atomic E-state index is -4.86. The SMILES string of the molecule is CCOC(=O)Cc1cc(C#N)c(CC)c(OC(F)(F)F)c1. The smallest absolute Gasteiger partial charge is 0.466 e. The Morgan fingerprint density at radius 2 is 2.00 bits per heavy atom. The number of rotatable bonds is 5. The van der Waals surface area contributed by atoms with Gasteiger partial charge in [0.15, 0.2) is 0 Å². The monoisotopic (exact) mass is 301 g/mol. The first-order chi connectivity index (χ1) is 9.80. The number of alkyl halides is 3. The zero-order valence-electron chi connectivity index (χ0n) is 11.6. The minimum Gasteiger partial charge on any atom is -0.466 e. The third-order valence-electron chi connectivity index (χ3n) is 2.62. The highest BCUT2D eigenvalue weighted by Crippen LogP contribution is 2.30. The van der Waals surface area contributed by atoms with Crippen LogP contribution in [0.25, 0.3) is 0 Å². The second kappa shape index (κ2) is 6.97. The van der Waals surface area contributed by atoms with Crippen molar-refractivity contribution in [3.63, 3.8) is 0 Å². The molecule has 1 rings (SSSR count). The van der Waals surface area contributed by atoms with Crippen LogP contribution >= 0.6 is 0 Å². The van der Waals surface area contributed by atoms with Crippen molar-refractivity contribution < 1.29 is 27.4 Å². The van der Waals surface area contributed by atoms with Crippen LogP contribution < -0.4 is 4.74 Å². The van der Waals surface area contributed by atoms with Gasteiger partial charge in [0.05, 0.1) is 24.7 Å². The van der Waals surface area contributed by atoms with E-state index in [9.17, 15) is 18.0 Å². The van der Waals surface area contributed by atoms with Gasteiger partial charge in [-0.2, -0.15) is 5.26 Å². The summed E-state index contributed by atoms with van der Waals surface area (Å²) in [6, 6.07) is 4.31. The number of carbonyl (C=O) groups is 1. The van der Waals surface area contributed by atoms with Crippen molar-refractivity contribution >= 4 is 5.97 Å². The number of nitriles is 1. The van der Waals surface area contributed by atoms with Gasteiger partial charge < -0.3 is 9.47 Å². The second-order valence-electron chi connectivity index (χ2n) is 4.12. The molecule has 0 unspecified atom stereocenters. The number of hydrogen-bond donors (Lipinski definition) is 0. The molecule has 0 spiro atoms. The van der Waals surface area contributed by atoms with E-state index >= 15 is 0 Å². The second-order valence-corrected chi connectivity index (χ2v) is 4.12. The van der Waals surface area contributed by atoms with E-state index in [1.54, 1.807) is 13.8 Å². The standard InChI is InChI=1S/C14H14F3NO3/c1-3-11-10(8-18)5-9(7-13(19)20-4-2)6-12(11)21-14(15,16)17/h5-6H,3-4,7H2,1-2H3. The number of nitrogens with zero attached hydrogens (tertiary/aromatic N) is 1. The molecule has 0 radical (unpaired) electrons. The van der Waals surface area contributed by atoms with Crippen LogP contribution in [0, 0.1) is 11.3 Å². The van der Waals surface area contributed by atoms with Gasteiger partial charge in [0, 0.05) is 5.56 Å². The van der Waals surface area contributed by atoms with Gasteiger partial charge in [-0.3, -0.25) is 4.79 Å². The third kappa shape index (κ3) is 4.99. The van der Waals surface area contributed by atoms with Crippen LogP contribution in [0.1, 0.15) is 30.5 Å². The minimum absolute atomic E-state index is 0.0542. The molecule has 0 aromatic heterocycles. The molecule has 0 N–H and O–H groups in total. The Bertz CT molecular complexity index is 562. The van der Waals surface area contributed by atoms with Crippen molar-refractivity contribution in [1.82, 2.24) is 0 Å². The Morgan fingerprint density at radius 1 is 1.33 bits per heavy atom. The summed E-state index contributed by atoms with van der Waals surface area (Å²) in [7, 11) is 0. The summed E-state index contributed by atoms with van der Waals surface area (Å²) in [6.07, 6.45) is -4.88. The van der Waals surface area contributed by atoms with Gasteiger partial charge in [0.25, 0.3) is 0 Å². The highest BCUT2D eigenvalue weighted by molar-refractivity contribution is 5.73. The summed E-state index contributed by atoms with van der Waals surface area (Å²) in [5, 5.41) is 9.03. The molecule has 0 saturated heterocycles. The maximum atomic E-state index is 12.4. The van der Waals surface area contributed by atoms with Gasteiger partial charge in [0.1, 0.15) is 5.75 Å². The largest absolute Gasteiger partial charge is 0.573 e. The van der Waals surface area contributed by atoms with Crippen LogP contribution in [0.15, 0.2) is 12.1 Å². The molecule has 0 amide bonds. The predicted molar refractivity (Wildman–Crippen MR) is 67.6 cm³/mol. The molecule has 0 saturated carbocycles. The van der Waals surface area contributed by atoms with Crippen molar-refractivity contribution in [2.45, 2.75) is 33.1 Å². The van der Waals surface area contributed by atoms with Crippen molar-refractivity contribution in [2.75, 3.05) is 6.61 Å². The number of hydrogen-bond acceptors (Lipinski definition) is 4. The maximum absolute atomic E-state index is 12.4. The number of benzene rings is 1. The lowest BCUT2D eigenvalue weighted by molar-refractivity contribution is -0.274. The highest BCUT2D eigenvalue weighted by atomic mass is 19.4. The van der Waals surface area contributed by atoms with Crippen LogP contribution in [0.4, 0.5) is 13.2 Å². The quantitative estimate of drug-likeness (QED) is 0.784. The molecule has 1 aromatic rings. The molecule has 0 aliphatic rings. The zero-order chi connectivity index (χ0) is 16.0. The lowest BCUT2D eigenvalue weighted by Crippen LogP contribution is -2.19. The Hall–Kier alpha value is -2.23. The molecule has 1 aromatic carbocycles. The van der Waals surface area contributed by atoms with E-state index in [0.29, 0.717) is 0 Å². The zero-order valence-corrected chi connectivity index (χ0v) is 11.6. The molecule has 0 aliphatic heterocycles. The Morgan fingerprint density at radius 3 is 2.48 bits per heavy atom. The number of ether oxygens (including phenoxy) is 2. The van der Waals surface area contributed by atoms with Gasteiger partial charge in [0.2, 0.25) is 0 Å². The predicted octanol–water partition coefficient (Wildman–Crippen LogP) is 3.12. The summed E-state index contributed by atoms with van der Waals surface area (Å²) in [4.78, 5) is 11.4. The average molecular weight is 301 g/mol. The van der Waals surface area contributed by atoms with E-state index in [4.69, 9.17) is 10.00 Å². The molecule has 7 heteroatoms. The van der Waals surface area contributed by atoms with E-state index in [-0.39, 0.29) is 36.1 Å². The summed E-state index contributed by atoms with van der Waals surface area (Å²) in [5.41, 5.74) is 0.447. The fourth-order valence-electron chi connectivity index (χ4n) is 1.86. The fraction of sp³-hybridized carbons (Fsp3) is 0.429. The number of carbonyl (C=O) groups excluding carboxylic acids is 1. The molecule has 0 atom stereocenters. The Kier molecular flexibility index (Phi) is 5.59. The molecule has 4 nitrogen and oxygen atoms in total. The average Bonchev–Trinajstić information content (AvgIpc) is 2.36. The lowest BCUT2D eigenvalue weighted by atomic mass is 10.00. The molecule has 0 aliphatic carbocycles. The van der Waals surface area contributed by atoms with Crippen LogP contribution in [0.3, 0.4) is 0 Å². The molecule has 0 fully saturated rings. The molecule has 0 bridgehead atoms. The van der Waals surface area contributed by atoms with Gasteiger partial charge in [-0.15, -0.1) is 13.2 Å². The summed E-state index contributed by atoms with van der Waals surface area (Å²) < 4.78 is 45.9. The topological polar surface area (TPSA) is 59.3 Å². The molecule has 114 valence electrons. The van der Waals surface area contributed by atoms with E-state index in [1.165, 1.54) is 6.07 Å². The van der Waals surface area contributed by atoms with Crippen molar-refractivity contribution in [3.05, 3.63) is 28.8 Å². The first-order valence-corrected chi connectivity index (χ1v) is 6.28. The van der Waals surface area contributed by atoms with Crippen LogP contribution in [0.5, 0.6) is 5.75 Å². The maximum Gasteiger partial charge on any atom is 0.573 e. The van der Waals surface area contributed by atoms with Gasteiger partial charge in [-0.05, 0) is 31.0 Å². The lowest BCUT2D eigenvalue weighted by Gasteiger charge is -2.15. The van der Waals surface area contributed by atoms with Crippen LogP contribution in [0.2, 0.25) is 0 Å². The molecule has 21 heavy (non-hydrogen) atoms. The number of esters is 1. The van der Waals surface area contributed by atoms with E-state index < -0.39 is 18.1 Å². The van der Waals surface area contributed by atoms with Crippen molar-refractivity contribution in [2.24, 2.45) is 0 Å². The normalized spacial score (nSPS) is 10.9. The van der Waals surface area contributed by atoms with E-state index in [1.807, 2.05) is 6.07 Å². The van der Waals surface area contributed by atoms with Crippen LogP contribution in [-0.4, -0.2) is 18.9 Å².